The van der Waals surface area contributed by atoms with Crippen LogP contribution in [0.25, 0.3) is 0 Å². The standard InChI is InChI=1S/C19H25O5P/c1-5-16-17(11-8-12-18(16)23-4)19(6-2,24-25(20)21)14-9-7-10-15(13-14)22-3/h7-13,25H,5-6H2,1-4H3,(H,20,21). The Hall–Kier alpha value is -1.81. The Morgan fingerprint density at radius 3 is 2.36 bits per heavy atom. The second-order valence-electron chi connectivity index (χ2n) is 5.62. The fourth-order valence-corrected chi connectivity index (χ4v) is 3.93. The summed E-state index contributed by atoms with van der Waals surface area (Å²) in [5, 5.41) is 0. The first-order valence-electron chi connectivity index (χ1n) is 8.25. The fraction of sp³-hybridized carbons (Fsp3) is 0.368. The molecule has 5 nitrogen and oxygen atoms in total. The maximum Gasteiger partial charge on any atom is 0.317 e. The third kappa shape index (κ3) is 3.90. The van der Waals surface area contributed by atoms with Gasteiger partial charge in [0, 0.05) is 5.56 Å². The molecule has 1 N–H and O–H groups in total. The Bertz CT molecular complexity index is 746. The van der Waals surface area contributed by atoms with E-state index in [-0.39, 0.29) is 0 Å². The minimum absolute atomic E-state index is 0.483. The Labute approximate surface area is 149 Å². The van der Waals surface area contributed by atoms with Crippen LogP contribution in [0.15, 0.2) is 42.5 Å². The number of hydrogen-bond acceptors (Lipinski definition) is 4. The van der Waals surface area contributed by atoms with Crippen molar-refractivity contribution < 1.29 is 23.5 Å². The van der Waals surface area contributed by atoms with Crippen molar-refractivity contribution in [1.82, 2.24) is 0 Å². The van der Waals surface area contributed by atoms with E-state index >= 15 is 0 Å². The number of rotatable bonds is 8. The van der Waals surface area contributed by atoms with Gasteiger partial charge in [0.15, 0.2) is 0 Å². The molecule has 0 saturated carbocycles. The number of methoxy groups -OCH3 is 2. The van der Waals surface area contributed by atoms with Gasteiger partial charge < -0.3 is 14.4 Å². The zero-order valence-electron chi connectivity index (χ0n) is 15.0. The van der Waals surface area contributed by atoms with E-state index in [0.717, 1.165) is 22.4 Å². The average molecular weight is 364 g/mol. The van der Waals surface area contributed by atoms with Crippen molar-refractivity contribution in [2.24, 2.45) is 0 Å². The molecule has 0 spiro atoms. The van der Waals surface area contributed by atoms with Crippen LogP contribution in [0.3, 0.4) is 0 Å². The van der Waals surface area contributed by atoms with Gasteiger partial charge in [0.2, 0.25) is 0 Å². The summed E-state index contributed by atoms with van der Waals surface area (Å²) in [6.45, 7) is 3.96. The lowest BCUT2D eigenvalue weighted by molar-refractivity contribution is 0.0984. The molecule has 2 rings (SSSR count). The molecule has 2 unspecified atom stereocenters. The van der Waals surface area contributed by atoms with Gasteiger partial charge in [0.05, 0.1) is 14.2 Å². The topological polar surface area (TPSA) is 65.0 Å². The van der Waals surface area contributed by atoms with Crippen LogP contribution in [-0.2, 0) is 21.1 Å². The molecule has 0 bridgehead atoms. The zero-order chi connectivity index (χ0) is 18.4. The summed E-state index contributed by atoms with van der Waals surface area (Å²) in [4.78, 5) is 9.62. The molecule has 0 aliphatic carbocycles. The molecule has 25 heavy (non-hydrogen) atoms. The zero-order valence-corrected chi connectivity index (χ0v) is 16.0. The molecule has 0 fully saturated rings. The minimum Gasteiger partial charge on any atom is -0.497 e. The van der Waals surface area contributed by atoms with Crippen LogP contribution in [0.5, 0.6) is 11.5 Å². The second-order valence-corrected chi connectivity index (χ2v) is 6.36. The molecule has 136 valence electrons. The Balaban J connectivity index is 2.78. The van der Waals surface area contributed by atoms with Gasteiger partial charge in [-0.2, -0.15) is 0 Å². The number of ether oxygens (including phenoxy) is 2. The van der Waals surface area contributed by atoms with Crippen LogP contribution in [-0.4, -0.2) is 19.1 Å². The molecule has 2 aromatic carbocycles. The van der Waals surface area contributed by atoms with Crippen LogP contribution < -0.4 is 9.47 Å². The van der Waals surface area contributed by atoms with Crippen molar-refractivity contribution in [3.8, 4) is 11.5 Å². The summed E-state index contributed by atoms with van der Waals surface area (Å²) >= 11 is 0. The van der Waals surface area contributed by atoms with Gasteiger partial charge in [0.25, 0.3) is 0 Å². The van der Waals surface area contributed by atoms with Gasteiger partial charge in [-0.25, -0.2) is 0 Å². The van der Waals surface area contributed by atoms with E-state index in [4.69, 9.17) is 14.0 Å². The van der Waals surface area contributed by atoms with Crippen LogP contribution in [0.2, 0.25) is 0 Å². The van der Waals surface area contributed by atoms with E-state index < -0.39 is 13.9 Å². The fourth-order valence-electron chi connectivity index (χ4n) is 3.26. The summed E-state index contributed by atoms with van der Waals surface area (Å²) in [7, 11) is 0.0152. The molecule has 0 aliphatic heterocycles. The molecule has 0 heterocycles. The minimum atomic E-state index is -3.19. The highest BCUT2D eigenvalue weighted by Crippen LogP contribution is 2.46. The third-order valence-corrected chi connectivity index (χ3v) is 4.96. The van der Waals surface area contributed by atoms with Crippen molar-refractivity contribution in [2.75, 3.05) is 14.2 Å². The highest BCUT2D eigenvalue weighted by Gasteiger charge is 2.38. The smallest absolute Gasteiger partial charge is 0.317 e. The van der Waals surface area contributed by atoms with Gasteiger partial charge in [-0.3, -0.25) is 9.09 Å². The lowest BCUT2D eigenvalue weighted by atomic mass is 9.80. The van der Waals surface area contributed by atoms with E-state index in [9.17, 15) is 9.46 Å². The summed E-state index contributed by atoms with van der Waals surface area (Å²) in [5.41, 5.74) is 1.50. The third-order valence-electron chi connectivity index (χ3n) is 4.44. The molecule has 2 atom stereocenters. The van der Waals surface area contributed by atoms with Gasteiger partial charge in [-0.15, -0.1) is 0 Å². The van der Waals surface area contributed by atoms with Gasteiger partial charge >= 0.3 is 8.25 Å². The molecule has 0 saturated heterocycles. The molecule has 2 aromatic rings. The van der Waals surface area contributed by atoms with Crippen LogP contribution in [0, 0.1) is 0 Å². The normalized spacial score (nSPS) is 14.6. The predicted octanol–water partition coefficient (Wildman–Crippen LogP) is 4.32. The number of hydrogen-bond donors (Lipinski definition) is 1. The lowest BCUT2D eigenvalue weighted by Crippen LogP contribution is -2.30. The molecule has 0 aliphatic rings. The molecular formula is C19H25O5P. The van der Waals surface area contributed by atoms with E-state index in [1.54, 1.807) is 14.2 Å². The summed E-state index contributed by atoms with van der Waals surface area (Å²) < 4.78 is 28.2. The van der Waals surface area contributed by atoms with Gasteiger partial charge in [-0.05, 0) is 42.2 Å². The van der Waals surface area contributed by atoms with Crippen molar-refractivity contribution in [3.63, 3.8) is 0 Å². The van der Waals surface area contributed by atoms with Crippen LogP contribution >= 0.6 is 8.25 Å². The van der Waals surface area contributed by atoms with E-state index in [1.165, 1.54) is 0 Å². The Kier molecular flexibility index (Phi) is 6.65. The van der Waals surface area contributed by atoms with Gasteiger partial charge in [-0.1, -0.05) is 38.1 Å². The van der Waals surface area contributed by atoms with Crippen LogP contribution in [0.1, 0.15) is 37.0 Å². The lowest BCUT2D eigenvalue weighted by Gasteiger charge is -2.35. The Morgan fingerprint density at radius 2 is 1.80 bits per heavy atom. The monoisotopic (exact) mass is 364 g/mol. The van der Waals surface area contributed by atoms with Gasteiger partial charge in [0.1, 0.15) is 17.1 Å². The maximum absolute atomic E-state index is 11.7. The summed E-state index contributed by atoms with van der Waals surface area (Å²) in [6, 6.07) is 13.1. The number of benzene rings is 2. The summed E-state index contributed by atoms with van der Waals surface area (Å²) in [6.07, 6.45) is 1.19. The quantitative estimate of drug-likeness (QED) is 0.707. The SMILES string of the molecule is CCc1c(OC)cccc1C(CC)(O[PH](=O)O)c1cccc(OC)c1. The average Bonchev–Trinajstić information content (AvgIpc) is 2.65. The first-order valence-corrected chi connectivity index (χ1v) is 9.51. The van der Waals surface area contributed by atoms with E-state index in [2.05, 4.69) is 0 Å². The van der Waals surface area contributed by atoms with E-state index in [1.807, 2.05) is 56.3 Å². The maximum atomic E-state index is 11.7. The molecular weight excluding hydrogens is 339 g/mol. The van der Waals surface area contributed by atoms with Crippen LogP contribution in [0.4, 0.5) is 0 Å². The first kappa shape index (κ1) is 19.5. The van der Waals surface area contributed by atoms with Crippen molar-refractivity contribution in [2.45, 2.75) is 32.3 Å². The van der Waals surface area contributed by atoms with Crippen molar-refractivity contribution in [3.05, 3.63) is 59.2 Å². The van der Waals surface area contributed by atoms with Crippen molar-refractivity contribution >= 4 is 8.25 Å². The second kappa shape index (κ2) is 8.52. The molecule has 0 amide bonds. The molecule has 0 radical (unpaired) electrons. The first-order chi connectivity index (χ1) is 12.0. The predicted molar refractivity (Wildman–Crippen MR) is 98.7 cm³/mol. The van der Waals surface area contributed by atoms with E-state index in [0.29, 0.717) is 18.6 Å². The molecule has 6 heteroatoms. The highest BCUT2D eigenvalue weighted by atomic mass is 31.1. The highest BCUT2D eigenvalue weighted by molar-refractivity contribution is 7.32. The van der Waals surface area contributed by atoms with Crippen molar-refractivity contribution in [1.29, 1.82) is 0 Å². The summed E-state index contributed by atoms with van der Waals surface area (Å²) in [5.74, 6) is 1.40. The molecule has 0 aromatic heterocycles. The largest absolute Gasteiger partial charge is 0.497 e. The Morgan fingerprint density at radius 1 is 1.08 bits per heavy atom.